The quantitative estimate of drug-likeness (QED) is 0.722. The third kappa shape index (κ3) is 3.92. The lowest BCUT2D eigenvalue weighted by Gasteiger charge is -2.36. The number of ether oxygens (including phenoxy) is 1. The van der Waals surface area contributed by atoms with Gasteiger partial charge in [0.25, 0.3) is 0 Å². The number of halogens is 1. The first-order valence-corrected chi connectivity index (χ1v) is 10.1. The molecule has 4 rings (SSSR count). The number of hydrogen-bond donors (Lipinski definition) is 0. The van der Waals surface area contributed by atoms with Gasteiger partial charge >= 0.3 is 5.97 Å². The molecule has 0 bridgehead atoms. The summed E-state index contributed by atoms with van der Waals surface area (Å²) in [6, 6.07) is 7.62. The molecule has 2 aliphatic heterocycles. The van der Waals surface area contributed by atoms with Crippen molar-refractivity contribution in [3.63, 3.8) is 0 Å². The number of carbonyl (C=O) groups is 2. The molecule has 1 unspecified atom stereocenters. The molecule has 2 fully saturated rings. The second kappa shape index (κ2) is 7.95. The topological polar surface area (TPSA) is 64.4 Å². The number of aromatic nitrogens is 2. The first-order valence-electron chi connectivity index (χ1n) is 9.74. The Hall–Kier alpha value is -2.34. The number of aryl methyl sites for hydroxylation is 1. The Bertz CT molecular complexity index is 844. The molecular weight excluding hydrogens is 378 g/mol. The van der Waals surface area contributed by atoms with Gasteiger partial charge in [-0.25, -0.2) is 4.98 Å². The number of hydrogen-bond acceptors (Lipinski definition) is 4. The van der Waals surface area contributed by atoms with E-state index in [1.54, 1.807) is 12.5 Å². The third-order valence-electron chi connectivity index (χ3n) is 5.94. The van der Waals surface area contributed by atoms with Crippen LogP contribution in [0.2, 0.25) is 5.02 Å². The number of amides is 1. The van der Waals surface area contributed by atoms with E-state index in [1.807, 2.05) is 39.9 Å². The number of cyclic esters (lactones) is 1. The van der Waals surface area contributed by atoms with Crippen molar-refractivity contribution in [2.24, 2.45) is 5.41 Å². The molecule has 6 nitrogen and oxygen atoms in total. The van der Waals surface area contributed by atoms with E-state index in [1.165, 1.54) is 0 Å². The first-order chi connectivity index (χ1) is 13.6. The molecule has 0 radical (unpaired) electrons. The van der Waals surface area contributed by atoms with Crippen LogP contribution in [0.4, 0.5) is 0 Å². The molecule has 1 aromatic carbocycles. The molecule has 0 aliphatic carbocycles. The second-order valence-corrected chi connectivity index (χ2v) is 8.15. The van der Waals surface area contributed by atoms with Gasteiger partial charge in [-0.1, -0.05) is 29.8 Å². The van der Waals surface area contributed by atoms with Crippen LogP contribution in [0.15, 0.2) is 43.0 Å². The average molecular weight is 402 g/mol. The van der Waals surface area contributed by atoms with Gasteiger partial charge in [-0.3, -0.25) is 9.59 Å². The van der Waals surface area contributed by atoms with Gasteiger partial charge in [-0.2, -0.15) is 0 Å². The number of rotatable bonds is 5. The zero-order chi connectivity index (χ0) is 19.6. The van der Waals surface area contributed by atoms with Crippen molar-refractivity contribution in [2.45, 2.75) is 44.8 Å². The van der Waals surface area contributed by atoms with Crippen molar-refractivity contribution < 1.29 is 14.3 Å². The van der Waals surface area contributed by atoms with Crippen LogP contribution in [0.3, 0.4) is 0 Å². The van der Waals surface area contributed by atoms with E-state index >= 15 is 0 Å². The summed E-state index contributed by atoms with van der Waals surface area (Å²) in [4.78, 5) is 31.1. The van der Waals surface area contributed by atoms with E-state index in [4.69, 9.17) is 16.3 Å². The van der Waals surface area contributed by atoms with Crippen molar-refractivity contribution in [1.82, 2.24) is 14.5 Å². The number of benzene rings is 1. The standard InChI is InChI=1S/C21H24ClN3O3/c22-18-4-2-1-3-16(18)5-6-19(26)25-10-7-21(8-11-25)13-17(28-20(21)27)14-24-12-9-23-15-24/h1-4,9,12,15,17H,5-8,10-11,13-14H2. The number of esters is 1. The minimum absolute atomic E-state index is 0.110. The molecule has 1 atom stereocenters. The van der Waals surface area contributed by atoms with Gasteiger partial charge in [-0.05, 0) is 30.9 Å². The van der Waals surface area contributed by atoms with Crippen molar-refractivity contribution in [2.75, 3.05) is 13.1 Å². The summed E-state index contributed by atoms with van der Waals surface area (Å²) in [5, 5.41) is 0.700. The Morgan fingerprint density at radius 2 is 2.07 bits per heavy atom. The van der Waals surface area contributed by atoms with Crippen LogP contribution >= 0.6 is 11.6 Å². The molecule has 0 N–H and O–H groups in total. The fourth-order valence-electron chi connectivity index (χ4n) is 4.26. The number of piperidine rings is 1. The number of imidazole rings is 1. The lowest BCUT2D eigenvalue weighted by molar-refractivity contribution is -0.152. The highest BCUT2D eigenvalue weighted by Gasteiger charge is 2.50. The van der Waals surface area contributed by atoms with Crippen molar-refractivity contribution in [1.29, 1.82) is 0 Å². The molecular formula is C21H24ClN3O3. The highest BCUT2D eigenvalue weighted by molar-refractivity contribution is 6.31. The number of likely N-dealkylation sites (tertiary alicyclic amines) is 1. The van der Waals surface area contributed by atoms with E-state index < -0.39 is 5.41 Å². The molecule has 148 valence electrons. The van der Waals surface area contributed by atoms with Gasteiger partial charge in [0.05, 0.1) is 18.3 Å². The molecule has 0 saturated carbocycles. The van der Waals surface area contributed by atoms with Crippen LogP contribution in [-0.4, -0.2) is 45.5 Å². The summed E-state index contributed by atoms with van der Waals surface area (Å²) >= 11 is 6.17. The van der Waals surface area contributed by atoms with Crippen molar-refractivity contribution >= 4 is 23.5 Å². The van der Waals surface area contributed by atoms with E-state index in [0.29, 0.717) is 56.8 Å². The predicted molar refractivity (Wildman–Crippen MR) is 105 cm³/mol. The van der Waals surface area contributed by atoms with Crippen LogP contribution in [0.5, 0.6) is 0 Å². The predicted octanol–water partition coefficient (Wildman–Crippen LogP) is 3.09. The van der Waals surface area contributed by atoms with Gasteiger partial charge in [0.1, 0.15) is 6.10 Å². The smallest absolute Gasteiger partial charge is 0.312 e. The maximum Gasteiger partial charge on any atom is 0.312 e. The Balaban J connectivity index is 1.29. The summed E-state index contributed by atoms with van der Waals surface area (Å²) < 4.78 is 7.57. The normalized spacial score (nSPS) is 21.1. The average Bonchev–Trinajstić information content (AvgIpc) is 3.30. The van der Waals surface area contributed by atoms with Crippen molar-refractivity contribution in [3.8, 4) is 0 Å². The van der Waals surface area contributed by atoms with Crippen LogP contribution in [0.1, 0.15) is 31.2 Å². The lowest BCUT2D eigenvalue weighted by atomic mass is 9.76. The Morgan fingerprint density at radius 1 is 1.29 bits per heavy atom. The summed E-state index contributed by atoms with van der Waals surface area (Å²) in [7, 11) is 0. The fraction of sp³-hybridized carbons (Fsp3) is 0.476. The van der Waals surface area contributed by atoms with Gasteiger partial charge in [0.15, 0.2) is 0 Å². The van der Waals surface area contributed by atoms with Crippen LogP contribution < -0.4 is 0 Å². The summed E-state index contributed by atoms with van der Waals surface area (Å²) in [6.45, 7) is 1.84. The van der Waals surface area contributed by atoms with E-state index in [-0.39, 0.29) is 18.0 Å². The summed E-state index contributed by atoms with van der Waals surface area (Å²) in [5.74, 6) is 0.0110. The molecule has 1 amide bonds. The molecule has 2 aromatic rings. The molecule has 1 aromatic heterocycles. The number of carbonyl (C=O) groups excluding carboxylic acids is 2. The fourth-order valence-corrected chi connectivity index (χ4v) is 4.49. The minimum Gasteiger partial charge on any atom is -0.460 e. The maximum absolute atomic E-state index is 12.6. The molecule has 3 heterocycles. The van der Waals surface area contributed by atoms with E-state index in [9.17, 15) is 9.59 Å². The lowest BCUT2D eigenvalue weighted by Crippen LogP contribution is -2.45. The van der Waals surface area contributed by atoms with Crippen LogP contribution in [0.25, 0.3) is 0 Å². The van der Waals surface area contributed by atoms with Gasteiger partial charge in [0, 0.05) is 43.3 Å². The van der Waals surface area contributed by atoms with Gasteiger partial charge in [0.2, 0.25) is 5.91 Å². The first kappa shape index (κ1) is 19.0. The van der Waals surface area contributed by atoms with E-state index in [0.717, 1.165) is 5.56 Å². The highest BCUT2D eigenvalue weighted by atomic mass is 35.5. The molecule has 2 saturated heterocycles. The van der Waals surface area contributed by atoms with Gasteiger partial charge in [-0.15, -0.1) is 0 Å². The highest BCUT2D eigenvalue weighted by Crippen LogP contribution is 2.43. The number of nitrogens with zero attached hydrogens (tertiary/aromatic N) is 3. The van der Waals surface area contributed by atoms with E-state index in [2.05, 4.69) is 4.98 Å². The summed E-state index contributed by atoms with van der Waals surface area (Å²) in [5.41, 5.74) is 0.554. The molecule has 1 spiro atoms. The molecule has 28 heavy (non-hydrogen) atoms. The summed E-state index contributed by atoms with van der Waals surface area (Å²) in [6.07, 6.45) is 8.33. The van der Waals surface area contributed by atoms with Crippen LogP contribution in [-0.2, 0) is 27.3 Å². The Labute approximate surface area is 169 Å². The Morgan fingerprint density at radius 3 is 2.79 bits per heavy atom. The van der Waals surface area contributed by atoms with Crippen molar-refractivity contribution in [3.05, 3.63) is 53.6 Å². The zero-order valence-electron chi connectivity index (χ0n) is 15.7. The van der Waals surface area contributed by atoms with Crippen LogP contribution in [0, 0.1) is 5.41 Å². The monoisotopic (exact) mass is 401 g/mol. The SMILES string of the molecule is O=C(CCc1ccccc1Cl)N1CCC2(CC1)CC(Cn1ccnc1)OC2=O. The maximum atomic E-state index is 12.6. The largest absolute Gasteiger partial charge is 0.460 e. The minimum atomic E-state index is -0.440. The Kier molecular flexibility index (Phi) is 5.40. The third-order valence-corrected chi connectivity index (χ3v) is 6.31. The molecule has 7 heteroatoms. The zero-order valence-corrected chi connectivity index (χ0v) is 16.5. The molecule has 2 aliphatic rings. The second-order valence-electron chi connectivity index (χ2n) is 7.74. The van der Waals surface area contributed by atoms with Gasteiger partial charge < -0.3 is 14.2 Å².